The molecule has 0 aromatic carbocycles. The van der Waals surface area contributed by atoms with E-state index in [2.05, 4.69) is 5.32 Å². The van der Waals surface area contributed by atoms with Crippen molar-refractivity contribution in [2.45, 2.75) is 45.6 Å². The van der Waals surface area contributed by atoms with E-state index >= 15 is 0 Å². The number of aliphatic carboxylic acids is 1. The lowest BCUT2D eigenvalue weighted by Gasteiger charge is -2.34. The molecule has 6 heteroatoms. The zero-order valence-corrected chi connectivity index (χ0v) is 12.7. The molecular formula is C15H24N2O4. The maximum atomic E-state index is 12.6. The number of nitrogens with one attached hydrogen (secondary N) is 1. The van der Waals surface area contributed by atoms with Crippen molar-refractivity contribution in [1.29, 1.82) is 0 Å². The molecule has 1 saturated heterocycles. The van der Waals surface area contributed by atoms with Crippen LogP contribution >= 0.6 is 0 Å². The second kappa shape index (κ2) is 6.45. The minimum absolute atomic E-state index is 0.0203. The lowest BCUT2D eigenvalue weighted by Crippen LogP contribution is -2.48. The number of hydrogen-bond donors (Lipinski definition) is 2. The second-order valence-corrected chi connectivity index (χ2v) is 6.43. The minimum Gasteiger partial charge on any atom is -0.481 e. The molecule has 0 spiro atoms. The fourth-order valence-electron chi connectivity index (χ4n) is 3.60. The number of carboxylic acid groups (broad SMARTS) is 1. The molecule has 3 atom stereocenters. The van der Waals surface area contributed by atoms with Crippen molar-refractivity contribution in [2.75, 3.05) is 13.1 Å². The lowest BCUT2D eigenvalue weighted by molar-refractivity contribution is -0.149. The third-order valence-corrected chi connectivity index (χ3v) is 4.65. The summed E-state index contributed by atoms with van der Waals surface area (Å²) < 4.78 is 0. The zero-order valence-electron chi connectivity index (χ0n) is 12.7. The maximum Gasteiger partial charge on any atom is 0.307 e. The third kappa shape index (κ3) is 3.74. The molecule has 1 aliphatic carbocycles. The van der Waals surface area contributed by atoms with E-state index in [0.29, 0.717) is 25.9 Å². The summed E-state index contributed by atoms with van der Waals surface area (Å²) in [5, 5.41) is 12.1. The van der Waals surface area contributed by atoms with Crippen LogP contribution in [0.15, 0.2) is 0 Å². The molecule has 2 amide bonds. The number of carbonyl (C=O) groups excluding carboxylic acids is 2. The van der Waals surface area contributed by atoms with Crippen molar-refractivity contribution in [3.05, 3.63) is 0 Å². The Kier molecular flexibility index (Phi) is 4.85. The van der Waals surface area contributed by atoms with E-state index < -0.39 is 11.9 Å². The molecule has 2 rings (SSSR count). The van der Waals surface area contributed by atoms with Gasteiger partial charge in [-0.2, -0.15) is 0 Å². The fraction of sp³-hybridized carbons (Fsp3) is 0.800. The van der Waals surface area contributed by atoms with Crippen LogP contribution in [0.5, 0.6) is 0 Å². The summed E-state index contributed by atoms with van der Waals surface area (Å²) in [6, 6.07) is 0.129. The first kappa shape index (κ1) is 15.8. The molecule has 2 aliphatic rings. The first-order chi connectivity index (χ1) is 9.88. The summed E-state index contributed by atoms with van der Waals surface area (Å²) >= 11 is 0. The van der Waals surface area contributed by atoms with E-state index in [1.165, 1.54) is 6.92 Å². The van der Waals surface area contributed by atoms with Gasteiger partial charge in [-0.1, -0.05) is 6.92 Å². The molecule has 21 heavy (non-hydrogen) atoms. The number of carbonyl (C=O) groups is 3. The molecule has 2 N–H and O–H groups in total. The summed E-state index contributed by atoms with van der Waals surface area (Å²) in [7, 11) is 0. The molecule has 1 saturated carbocycles. The van der Waals surface area contributed by atoms with E-state index in [9.17, 15) is 19.5 Å². The molecule has 3 unspecified atom stereocenters. The first-order valence-corrected chi connectivity index (χ1v) is 7.67. The van der Waals surface area contributed by atoms with Gasteiger partial charge in [-0.05, 0) is 31.6 Å². The normalized spacial score (nSPS) is 30.2. The van der Waals surface area contributed by atoms with Crippen LogP contribution in [0, 0.1) is 17.8 Å². The van der Waals surface area contributed by atoms with Crippen molar-refractivity contribution in [3.8, 4) is 0 Å². The Bertz CT molecular complexity index is 429. The summed E-state index contributed by atoms with van der Waals surface area (Å²) in [4.78, 5) is 36.7. The summed E-state index contributed by atoms with van der Waals surface area (Å²) in [5.74, 6) is -1.55. The first-order valence-electron chi connectivity index (χ1n) is 7.67. The van der Waals surface area contributed by atoms with E-state index in [1.807, 2.05) is 6.92 Å². The smallest absolute Gasteiger partial charge is 0.307 e. The second-order valence-electron chi connectivity index (χ2n) is 6.43. The van der Waals surface area contributed by atoms with Crippen LogP contribution in [0.25, 0.3) is 0 Å². The fourth-order valence-corrected chi connectivity index (χ4v) is 3.60. The molecule has 0 aromatic heterocycles. The number of nitrogens with zero attached hydrogens (tertiary/aromatic N) is 1. The van der Waals surface area contributed by atoms with Gasteiger partial charge in [0, 0.05) is 26.1 Å². The molecule has 0 aromatic rings. The number of piperidine rings is 1. The SMILES string of the molecule is CC(=O)NC1CCN(C(=O)C2CC(C)CC2C(=O)O)CC1. The van der Waals surface area contributed by atoms with Gasteiger partial charge in [-0.25, -0.2) is 0 Å². The van der Waals surface area contributed by atoms with Gasteiger partial charge in [-0.3, -0.25) is 14.4 Å². The predicted molar refractivity (Wildman–Crippen MR) is 76.4 cm³/mol. The number of amides is 2. The van der Waals surface area contributed by atoms with Crippen LogP contribution in [0.4, 0.5) is 0 Å². The van der Waals surface area contributed by atoms with Crippen LogP contribution < -0.4 is 5.32 Å². The monoisotopic (exact) mass is 296 g/mol. The highest BCUT2D eigenvalue weighted by atomic mass is 16.4. The van der Waals surface area contributed by atoms with Gasteiger partial charge in [0.1, 0.15) is 0 Å². The average molecular weight is 296 g/mol. The Labute approximate surface area is 124 Å². The number of carboxylic acids is 1. The van der Waals surface area contributed by atoms with Gasteiger partial charge in [0.05, 0.1) is 11.8 Å². The molecule has 6 nitrogen and oxygen atoms in total. The van der Waals surface area contributed by atoms with Crippen molar-refractivity contribution in [1.82, 2.24) is 10.2 Å². The molecule has 1 heterocycles. The Morgan fingerprint density at radius 3 is 2.19 bits per heavy atom. The molecule has 118 valence electrons. The average Bonchev–Trinajstić information content (AvgIpc) is 2.80. The summed E-state index contributed by atoms with van der Waals surface area (Å²) in [6.07, 6.45) is 2.74. The Balaban J connectivity index is 1.92. The quantitative estimate of drug-likeness (QED) is 0.808. The van der Waals surface area contributed by atoms with Gasteiger partial charge in [-0.15, -0.1) is 0 Å². The van der Waals surface area contributed by atoms with Crippen LogP contribution in [-0.4, -0.2) is 46.9 Å². The van der Waals surface area contributed by atoms with Crippen molar-refractivity contribution < 1.29 is 19.5 Å². The van der Waals surface area contributed by atoms with Crippen molar-refractivity contribution >= 4 is 17.8 Å². The van der Waals surface area contributed by atoms with Crippen LogP contribution in [0.2, 0.25) is 0 Å². The number of rotatable bonds is 3. The highest BCUT2D eigenvalue weighted by molar-refractivity contribution is 5.85. The van der Waals surface area contributed by atoms with E-state index in [4.69, 9.17) is 0 Å². The molecule has 0 radical (unpaired) electrons. The highest BCUT2D eigenvalue weighted by Crippen LogP contribution is 2.37. The van der Waals surface area contributed by atoms with Gasteiger partial charge in [0.25, 0.3) is 0 Å². The molecule has 0 bridgehead atoms. The molecule has 1 aliphatic heterocycles. The van der Waals surface area contributed by atoms with Crippen LogP contribution in [0.1, 0.15) is 39.5 Å². The van der Waals surface area contributed by atoms with Gasteiger partial charge < -0.3 is 15.3 Å². The van der Waals surface area contributed by atoms with Gasteiger partial charge in [0.2, 0.25) is 11.8 Å². The van der Waals surface area contributed by atoms with Crippen molar-refractivity contribution in [3.63, 3.8) is 0 Å². The van der Waals surface area contributed by atoms with Crippen molar-refractivity contribution in [2.24, 2.45) is 17.8 Å². The Morgan fingerprint density at radius 1 is 1.10 bits per heavy atom. The standard InChI is InChI=1S/C15H24N2O4/c1-9-7-12(13(8-9)15(20)21)14(19)17-5-3-11(4-6-17)16-10(2)18/h9,11-13H,3-8H2,1-2H3,(H,16,18)(H,20,21). The minimum atomic E-state index is -0.856. The number of hydrogen-bond acceptors (Lipinski definition) is 3. The topological polar surface area (TPSA) is 86.7 Å². The predicted octanol–water partition coefficient (Wildman–Crippen LogP) is 0.860. The van der Waals surface area contributed by atoms with E-state index in [1.54, 1.807) is 4.90 Å². The van der Waals surface area contributed by atoms with E-state index in [-0.39, 0.29) is 29.7 Å². The van der Waals surface area contributed by atoms with Gasteiger partial charge >= 0.3 is 5.97 Å². The van der Waals surface area contributed by atoms with E-state index in [0.717, 1.165) is 12.8 Å². The largest absolute Gasteiger partial charge is 0.481 e. The van der Waals surface area contributed by atoms with Crippen LogP contribution in [0.3, 0.4) is 0 Å². The summed E-state index contributed by atoms with van der Waals surface area (Å²) in [5.41, 5.74) is 0. The van der Waals surface area contributed by atoms with Gasteiger partial charge in [0.15, 0.2) is 0 Å². The summed E-state index contributed by atoms with van der Waals surface area (Å²) in [6.45, 7) is 4.70. The molecule has 2 fully saturated rings. The van der Waals surface area contributed by atoms with Crippen LogP contribution in [-0.2, 0) is 14.4 Å². The Hall–Kier alpha value is -1.59. The highest BCUT2D eigenvalue weighted by Gasteiger charge is 2.43. The maximum absolute atomic E-state index is 12.6. The zero-order chi connectivity index (χ0) is 15.6. The number of likely N-dealkylation sites (tertiary alicyclic amines) is 1. The lowest BCUT2D eigenvalue weighted by atomic mass is 9.93. The third-order valence-electron chi connectivity index (χ3n) is 4.65. The molecular weight excluding hydrogens is 272 g/mol. The Morgan fingerprint density at radius 2 is 1.67 bits per heavy atom.